The van der Waals surface area contributed by atoms with Crippen molar-refractivity contribution in [1.82, 2.24) is 0 Å². The van der Waals surface area contributed by atoms with Gasteiger partial charge in [-0.1, -0.05) is 24.9 Å². The summed E-state index contributed by atoms with van der Waals surface area (Å²) in [6.45, 7) is 4.21. The lowest BCUT2D eigenvalue weighted by Crippen LogP contribution is -2.14. The van der Waals surface area contributed by atoms with Gasteiger partial charge in [0.15, 0.2) is 0 Å². The molecule has 4 heteroatoms. The maximum Gasteiger partial charge on any atom is 0.337 e. The zero-order chi connectivity index (χ0) is 12.1. The molecule has 0 fully saturated rings. The molecule has 0 aromatic heterocycles. The van der Waals surface area contributed by atoms with Crippen molar-refractivity contribution in [3.63, 3.8) is 0 Å². The minimum absolute atomic E-state index is 0.135. The Bertz CT molecular complexity index is 379. The Morgan fingerprint density at radius 2 is 2.25 bits per heavy atom. The SMILES string of the molecule is CCCC(C)Nc1ccc(C(=O)O)c(Cl)c1. The summed E-state index contributed by atoms with van der Waals surface area (Å²) in [5.74, 6) is -1.00. The van der Waals surface area contributed by atoms with Crippen LogP contribution in [0.4, 0.5) is 5.69 Å². The summed E-state index contributed by atoms with van der Waals surface area (Å²) >= 11 is 5.86. The van der Waals surface area contributed by atoms with Crippen molar-refractivity contribution >= 4 is 23.3 Å². The third-order valence-electron chi connectivity index (χ3n) is 2.33. The van der Waals surface area contributed by atoms with Gasteiger partial charge in [0.05, 0.1) is 10.6 Å². The summed E-state index contributed by atoms with van der Waals surface area (Å²) < 4.78 is 0. The Morgan fingerprint density at radius 3 is 2.75 bits per heavy atom. The fourth-order valence-electron chi connectivity index (χ4n) is 1.57. The Labute approximate surface area is 100 Å². The topological polar surface area (TPSA) is 49.3 Å². The van der Waals surface area contributed by atoms with Crippen molar-refractivity contribution < 1.29 is 9.90 Å². The summed E-state index contributed by atoms with van der Waals surface area (Å²) in [4.78, 5) is 10.8. The number of carbonyl (C=O) groups is 1. The predicted molar refractivity (Wildman–Crippen MR) is 66.4 cm³/mol. The van der Waals surface area contributed by atoms with Crippen LogP contribution in [-0.4, -0.2) is 17.1 Å². The third kappa shape index (κ3) is 3.42. The highest BCUT2D eigenvalue weighted by Crippen LogP contribution is 2.21. The fraction of sp³-hybridized carbons (Fsp3) is 0.417. The molecule has 0 spiro atoms. The number of hydrogen-bond acceptors (Lipinski definition) is 2. The summed E-state index contributed by atoms with van der Waals surface area (Å²) in [6.07, 6.45) is 2.17. The van der Waals surface area contributed by atoms with Gasteiger partial charge in [0, 0.05) is 11.7 Å². The second kappa shape index (κ2) is 5.75. The van der Waals surface area contributed by atoms with Crippen molar-refractivity contribution in [3.8, 4) is 0 Å². The second-order valence-corrected chi connectivity index (χ2v) is 4.24. The van der Waals surface area contributed by atoms with E-state index >= 15 is 0 Å². The average molecular weight is 242 g/mol. The van der Waals surface area contributed by atoms with E-state index in [1.54, 1.807) is 12.1 Å². The quantitative estimate of drug-likeness (QED) is 0.828. The minimum Gasteiger partial charge on any atom is -0.478 e. The Hall–Kier alpha value is -1.22. The van der Waals surface area contributed by atoms with E-state index in [0.717, 1.165) is 18.5 Å². The number of aromatic carboxylic acids is 1. The zero-order valence-electron chi connectivity index (χ0n) is 9.46. The number of rotatable bonds is 5. The van der Waals surface area contributed by atoms with Gasteiger partial charge in [0.25, 0.3) is 0 Å². The van der Waals surface area contributed by atoms with Crippen LogP contribution in [0.3, 0.4) is 0 Å². The first-order valence-electron chi connectivity index (χ1n) is 5.34. The maximum atomic E-state index is 10.8. The van der Waals surface area contributed by atoms with E-state index in [9.17, 15) is 4.79 Å². The number of halogens is 1. The van der Waals surface area contributed by atoms with Crippen LogP contribution >= 0.6 is 11.6 Å². The highest BCUT2D eigenvalue weighted by Gasteiger charge is 2.09. The lowest BCUT2D eigenvalue weighted by molar-refractivity contribution is 0.0697. The van der Waals surface area contributed by atoms with Crippen molar-refractivity contribution in [3.05, 3.63) is 28.8 Å². The number of hydrogen-bond donors (Lipinski definition) is 2. The molecule has 0 bridgehead atoms. The van der Waals surface area contributed by atoms with E-state index in [2.05, 4.69) is 19.2 Å². The fourth-order valence-corrected chi connectivity index (χ4v) is 1.83. The number of carboxylic acid groups (broad SMARTS) is 1. The Balaban J connectivity index is 2.77. The van der Waals surface area contributed by atoms with Gasteiger partial charge in [-0.3, -0.25) is 0 Å². The average Bonchev–Trinajstić information content (AvgIpc) is 2.17. The van der Waals surface area contributed by atoms with Crippen LogP contribution in [0.15, 0.2) is 18.2 Å². The number of anilines is 1. The first-order valence-corrected chi connectivity index (χ1v) is 5.71. The number of carboxylic acids is 1. The number of benzene rings is 1. The van der Waals surface area contributed by atoms with Crippen LogP contribution in [-0.2, 0) is 0 Å². The van der Waals surface area contributed by atoms with Crippen LogP contribution in [0.1, 0.15) is 37.0 Å². The molecule has 88 valence electrons. The molecule has 16 heavy (non-hydrogen) atoms. The van der Waals surface area contributed by atoms with E-state index in [-0.39, 0.29) is 10.6 Å². The van der Waals surface area contributed by atoms with Crippen molar-refractivity contribution in [2.45, 2.75) is 32.7 Å². The predicted octanol–water partition coefficient (Wildman–Crippen LogP) is 3.64. The van der Waals surface area contributed by atoms with Crippen LogP contribution in [0.2, 0.25) is 5.02 Å². The van der Waals surface area contributed by atoms with Crippen LogP contribution in [0.25, 0.3) is 0 Å². The van der Waals surface area contributed by atoms with Gasteiger partial charge in [-0.15, -0.1) is 0 Å². The van der Waals surface area contributed by atoms with Gasteiger partial charge in [0.2, 0.25) is 0 Å². The summed E-state index contributed by atoms with van der Waals surface area (Å²) in [5, 5.41) is 12.4. The molecule has 0 aliphatic rings. The molecule has 1 unspecified atom stereocenters. The van der Waals surface area contributed by atoms with E-state index in [1.807, 2.05) is 0 Å². The van der Waals surface area contributed by atoms with Crippen LogP contribution < -0.4 is 5.32 Å². The molecule has 3 nitrogen and oxygen atoms in total. The third-order valence-corrected chi connectivity index (χ3v) is 2.65. The van der Waals surface area contributed by atoms with Crippen LogP contribution in [0, 0.1) is 0 Å². The van der Waals surface area contributed by atoms with E-state index in [0.29, 0.717) is 6.04 Å². The lowest BCUT2D eigenvalue weighted by atomic mass is 10.1. The molecule has 1 rings (SSSR count). The molecule has 0 saturated heterocycles. The molecule has 1 aromatic carbocycles. The first kappa shape index (κ1) is 12.8. The minimum atomic E-state index is -1.00. The van der Waals surface area contributed by atoms with Gasteiger partial charge in [-0.25, -0.2) is 4.79 Å². The van der Waals surface area contributed by atoms with Crippen molar-refractivity contribution in [2.75, 3.05) is 5.32 Å². The summed E-state index contributed by atoms with van der Waals surface area (Å²) in [5.41, 5.74) is 0.992. The standard InChI is InChI=1S/C12H16ClNO2/c1-3-4-8(2)14-9-5-6-10(12(15)16)11(13)7-9/h5-8,14H,3-4H2,1-2H3,(H,15,16). The van der Waals surface area contributed by atoms with E-state index in [1.165, 1.54) is 6.07 Å². The van der Waals surface area contributed by atoms with Crippen molar-refractivity contribution in [2.24, 2.45) is 0 Å². The first-order chi connectivity index (χ1) is 7.54. The molecule has 2 N–H and O–H groups in total. The molecule has 1 atom stereocenters. The van der Waals surface area contributed by atoms with Crippen LogP contribution in [0.5, 0.6) is 0 Å². The molecule has 0 saturated carbocycles. The largest absolute Gasteiger partial charge is 0.478 e. The van der Waals surface area contributed by atoms with Gasteiger partial charge >= 0.3 is 5.97 Å². The Kier molecular flexibility index (Phi) is 4.62. The molecule has 1 aromatic rings. The monoisotopic (exact) mass is 241 g/mol. The Morgan fingerprint density at radius 1 is 1.56 bits per heavy atom. The summed E-state index contributed by atoms with van der Waals surface area (Å²) in [6, 6.07) is 5.27. The molecular formula is C12H16ClNO2. The normalized spacial score (nSPS) is 12.2. The molecule has 0 aliphatic heterocycles. The molecule has 0 radical (unpaired) electrons. The molecule has 0 heterocycles. The lowest BCUT2D eigenvalue weighted by Gasteiger charge is -2.14. The smallest absolute Gasteiger partial charge is 0.337 e. The van der Waals surface area contributed by atoms with Gasteiger partial charge in [-0.05, 0) is 31.5 Å². The highest BCUT2D eigenvalue weighted by molar-refractivity contribution is 6.33. The maximum absolute atomic E-state index is 10.8. The molecular weight excluding hydrogens is 226 g/mol. The van der Waals surface area contributed by atoms with Gasteiger partial charge in [0.1, 0.15) is 0 Å². The van der Waals surface area contributed by atoms with E-state index in [4.69, 9.17) is 16.7 Å². The summed E-state index contributed by atoms with van der Waals surface area (Å²) in [7, 11) is 0. The highest BCUT2D eigenvalue weighted by atomic mass is 35.5. The molecule has 0 amide bonds. The van der Waals surface area contributed by atoms with E-state index < -0.39 is 5.97 Å². The molecule has 0 aliphatic carbocycles. The number of nitrogens with one attached hydrogen (secondary N) is 1. The van der Waals surface area contributed by atoms with Gasteiger partial charge < -0.3 is 10.4 Å². The van der Waals surface area contributed by atoms with Gasteiger partial charge in [-0.2, -0.15) is 0 Å². The second-order valence-electron chi connectivity index (χ2n) is 3.83. The van der Waals surface area contributed by atoms with Crippen molar-refractivity contribution in [1.29, 1.82) is 0 Å². The zero-order valence-corrected chi connectivity index (χ0v) is 10.2.